The molecular weight excluding hydrogens is 362 g/mol. The summed E-state index contributed by atoms with van der Waals surface area (Å²) in [5, 5.41) is 9.95. The van der Waals surface area contributed by atoms with Crippen molar-refractivity contribution in [2.45, 2.75) is 0 Å². The van der Waals surface area contributed by atoms with Crippen LogP contribution in [0.2, 0.25) is 0 Å². The van der Waals surface area contributed by atoms with Crippen LogP contribution in [0.4, 0.5) is 0 Å². The summed E-state index contributed by atoms with van der Waals surface area (Å²) in [6.45, 7) is -0.433. The van der Waals surface area contributed by atoms with E-state index in [4.69, 9.17) is 26.2 Å². The highest BCUT2D eigenvalue weighted by Crippen LogP contribution is 2.33. The first-order valence-electron chi connectivity index (χ1n) is 7.32. The average molecular weight is 376 g/mol. The zero-order chi connectivity index (χ0) is 17.8. The van der Waals surface area contributed by atoms with Crippen LogP contribution in [0.3, 0.4) is 0 Å². The van der Waals surface area contributed by atoms with Crippen molar-refractivity contribution in [3.05, 3.63) is 53.0 Å². The molecule has 1 N–H and O–H groups in total. The Morgan fingerprint density at radius 1 is 1.28 bits per heavy atom. The van der Waals surface area contributed by atoms with E-state index in [-0.39, 0.29) is 0 Å². The summed E-state index contributed by atoms with van der Waals surface area (Å²) in [5.74, 6) is -0.258. The predicted octanol–water partition coefficient (Wildman–Crippen LogP) is 4.51. The number of aliphatic carboxylic acids is 1. The van der Waals surface area contributed by atoms with Gasteiger partial charge in [0.25, 0.3) is 0 Å². The largest absolute Gasteiger partial charge is 0.493 e. The number of benzene rings is 2. The molecule has 0 saturated carbocycles. The van der Waals surface area contributed by atoms with Crippen molar-refractivity contribution in [2.24, 2.45) is 0 Å². The van der Waals surface area contributed by atoms with Gasteiger partial charge >= 0.3 is 5.97 Å². The Hall–Kier alpha value is -2.57. The zero-order valence-electron chi connectivity index (χ0n) is 13.2. The number of nitrogens with zero attached hydrogens (tertiary/aromatic N) is 1. The Balaban J connectivity index is 1.87. The van der Waals surface area contributed by atoms with E-state index in [9.17, 15) is 4.79 Å². The molecule has 1 aromatic heterocycles. The van der Waals surface area contributed by atoms with Gasteiger partial charge < -0.3 is 14.6 Å². The smallest absolute Gasteiger partial charge is 0.341 e. The molecule has 0 atom stereocenters. The number of fused-ring (bicyclic) bond motifs is 1. The van der Waals surface area contributed by atoms with Gasteiger partial charge in [-0.1, -0.05) is 29.8 Å². The normalized spacial score (nSPS) is 11.5. The number of carbonyl (C=O) groups is 1. The van der Waals surface area contributed by atoms with Gasteiger partial charge in [-0.25, -0.2) is 9.78 Å². The number of hydrogen-bond donors (Lipinski definition) is 1. The van der Waals surface area contributed by atoms with E-state index in [1.807, 2.05) is 24.3 Å². The van der Waals surface area contributed by atoms with Gasteiger partial charge in [-0.3, -0.25) is 0 Å². The second-order valence-electron chi connectivity index (χ2n) is 5.07. The van der Waals surface area contributed by atoms with E-state index < -0.39 is 12.6 Å². The topological polar surface area (TPSA) is 68.7 Å². The van der Waals surface area contributed by atoms with Crippen molar-refractivity contribution in [3.63, 3.8) is 0 Å². The van der Waals surface area contributed by atoms with Crippen molar-refractivity contribution in [1.82, 2.24) is 4.98 Å². The highest BCUT2D eigenvalue weighted by molar-refractivity contribution is 7.20. The highest BCUT2D eigenvalue weighted by Gasteiger charge is 2.10. The van der Waals surface area contributed by atoms with Crippen molar-refractivity contribution < 1.29 is 19.4 Å². The van der Waals surface area contributed by atoms with E-state index in [1.165, 1.54) is 18.4 Å². The summed E-state index contributed by atoms with van der Waals surface area (Å²) >= 11 is 7.93. The van der Waals surface area contributed by atoms with Gasteiger partial charge in [-0.05, 0) is 35.9 Å². The highest BCUT2D eigenvalue weighted by atomic mass is 35.5. The van der Waals surface area contributed by atoms with Crippen LogP contribution in [-0.2, 0) is 4.79 Å². The molecule has 128 valence electrons. The first kappa shape index (κ1) is 17.3. The van der Waals surface area contributed by atoms with Crippen LogP contribution >= 0.6 is 22.9 Å². The molecular formula is C18H14ClNO4S. The molecule has 1 heterocycles. The number of para-hydroxylation sites is 1. The molecule has 0 unspecified atom stereocenters. The predicted molar refractivity (Wildman–Crippen MR) is 99.5 cm³/mol. The molecule has 7 heteroatoms. The minimum absolute atomic E-state index is 0.359. The number of ether oxygens (including phenoxy) is 2. The number of thiazole rings is 1. The number of rotatable bonds is 6. The Labute approximate surface area is 153 Å². The molecule has 3 aromatic rings. The van der Waals surface area contributed by atoms with E-state index in [2.05, 4.69) is 4.98 Å². The van der Waals surface area contributed by atoms with Crippen LogP contribution in [-0.4, -0.2) is 29.8 Å². The Kier molecular flexibility index (Phi) is 5.21. The van der Waals surface area contributed by atoms with Gasteiger partial charge in [0.15, 0.2) is 18.1 Å². The zero-order valence-corrected chi connectivity index (χ0v) is 14.8. The van der Waals surface area contributed by atoms with E-state index in [0.717, 1.165) is 20.8 Å². The van der Waals surface area contributed by atoms with Gasteiger partial charge in [0.05, 0.1) is 22.4 Å². The summed E-state index contributed by atoms with van der Waals surface area (Å²) in [7, 11) is 1.49. The van der Waals surface area contributed by atoms with Crippen molar-refractivity contribution in [1.29, 1.82) is 0 Å². The number of hydrogen-bond acceptors (Lipinski definition) is 5. The van der Waals surface area contributed by atoms with Gasteiger partial charge in [0.1, 0.15) is 5.01 Å². The quantitative estimate of drug-likeness (QED) is 0.686. The van der Waals surface area contributed by atoms with Crippen LogP contribution < -0.4 is 9.47 Å². The second kappa shape index (κ2) is 7.55. The maximum Gasteiger partial charge on any atom is 0.341 e. The fraction of sp³-hybridized carbons (Fsp3) is 0.111. The first-order valence-corrected chi connectivity index (χ1v) is 8.52. The Morgan fingerprint density at radius 3 is 2.80 bits per heavy atom. The van der Waals surface area contributed by atoms with Gasteiger partial charge in [0, 0.05) is 0 Å². The maximum atomic E-state index is 10.6. The average Bonchev–Trinajstić information content (AvgIpc) is 3.04. The molecule has 0 bridgehead atoms. The van der Waals surface area contributed by atoms with Crippen LogP contribution in [0.1, 0.15) is 10.6 Å². The van der Waals surface area contributed by atoms with Crippen molar-refractivity contribution in [3.8, 4) is 11.5 Å². The molecule has 5 nitrogen and oxygen atoms in total. The summed E-state index contributed by atoms with van der Waals surface area (Å²) in [5.41, 5.74) is 1.70. The summed E-state index contributed by atoms with van der Waals surface area (Å²) in [6, 6.07) is 13.0. The molecule has 0 aliphatic rings. The van der Waals surface area contributed by atoms with Gasteiger partial charge in [-0.2, -0.15) is 0 Å². The lowest BCUT2D eigenvalue weighted by atomic mass is 10.2. The third kappa shape index (κ3) is 4.10. The molecule has 0 amide bonds. The first-order chi connectivity index (χ1) is 12.1. The molecule has 0 aliphatic heterocycles. The lowest BCUT2D eigenvalue weighted by Gasteiger charge is -2.09. The fourth-order valence-corrected chi connectivity index (χ4v) is 3.37. The third-order valence-electron chi connectivity index (χ3n) is 3.33. The Morgan fingerprint density at radius 2 is 2.08 bits per heavy atom. The van der Waals surface area contributed by atoms with Crippen LogP contribution in [0.25, 0.3) is 21.3 Å². The number of carboxylic acids is 1. The lowest BCUT2D eigenvalue weighted by molar-refractivity contribution is -0.139. The molecule has 0 fully saturated rings. The minimum Gasteiger partial charge on any atom is -0.493 e. The number of methoxy groups -OCH3 is 1. The SMILES string of the molecule is COc1cc(/C=C(\Cl)c2nc3ccccc3s2)ccc1OCC(=O)O. The van der Waals surface area contributed by atoms with E-state index >= 15 is 0 Å². The summed E-state index contributed by atoms with van der Waals surface area (Å²) in [4.78, 5) is 15.1. The Bertz CT molecular complexity index is 918. The van der Waals surface area contributed by atoms with Crippen molar-refractivity contribution >= 4 is 50.2 Å². The van der Waals surface area contributed by atoms with Gasteiger partial charge in [0.2, 0.25) is 0 Å². The second-order valence-corrected chi connectivity index (χ2v) is 6.51. The van der Waals surface area contributed by atoms with E-state index in [0.29, 0.717) is 16.5 Å². The summed E-state index contributed by atoms with van der Waals surface area (Å²) < 4.78 is 11.5. The molecule has 25 heavy (non-hydrogen) atoms. The van der Waals surface area contributed by atoms with Crippen LogP contribution in [0, 0.1) is 0 Å². The van der Waals surface area contributed by atoms with Crippen molar-refractivity contribution in [2.75, 3.05) is 13.7 Å². The monoisotopic (exact) mass is 375 g/mol. The van der Waals surface area contributed by atoms with Gasteiger partial charge in [-0.15, -0.1) is 11.3 Å². The molecule has 0 radical (unpaired) electrons. The van der Waals surface area contributed by atoms with Crippen LogP contribution in [0.5, 0.6) is 11.5 Å². The lowest BCUT2D eigenvalue weighted by Crippen LogP contribution is -2.10. The number of aromatic nitrogens is 1. The van der Waals surface area contributed by atoms with Crippen LogP contribution in [0.15, 0.2) is 42.5 Å². The van der Waals surface area contributed by atoms with E-state index in [1.54, 1.807) is 24.3 Å². The minimum atomic E-state index is -1.05. The number of halogens is 1. The maximum absolute atomic E-state index is 10.6. The number of carboxylic acid groups (broad SMARTS) is 1. The third-order valence-corrected chi connectivity index (χ3v) is 4.80. The molecule has 3 rings (SSSR count). The molecule has 0 spiro atoms. The summed E-state index contributed by atoms with van der Waals surface area (Å²) in [6.07, 6.45) is 1.78. The standard InChI is InChI=1S/C18H14ClNO4S/c1-23-15-9-11(6-7-14(15)24-10-17(21)22)8-12(19)18-20-13-4-2-3-5-16(13)25-18/h2-9H,10H2,1H3,(H,21,22)/b12-8-. The molecule has 2 aromatic carbocycles. The molecule has 0 aliphatic carbocycles. The molecule has 0 saturated heterocycles. The fourth-order valence-electron chi connectivity index (χ4n) is 2.22.